The van der Waals surface area contributed by atoms with E-state index in [1.54, 1.807) is 22.8 Å². The van der Waals surface area contributed by atoms with E-state index in [0.29, 0.717) is 42.9 Å². The van der Waals surface area contributed by atoms with Gasteiger partial charge in [0.15, 0.2) is 11.6 Å². The van der Waals surface area contributed by atoms with Crippen LogP contribution in [0.25, 0.3) is 0 Å². The Labute approximate surface area is 161 Å². The summed E-state index contributed by atoms with van der Waals surface area (Å²) >= 11 is 0. The Bertz CT molecular complexity index is 926. The third kappa shape index (κ3) is 3.19. The molecular formula is C21H22F2N2O3. The molecule has 2 amide bonds. The third-order valence-corrected chi connectivity index (χ3v) is 5.91. The molecular weight excluding hydrogens is 366 g/mol. The highest BCUT2D eigenvalue weighted by molar-refractivity contribution is 5.96. The number of aryl methyl sites for hydroxylation is 1. The summed E-state index contributed by atoms with van der Waals surface area (Å²) < 4.78 is 31.9. The molecule has 1 spiro atoms. The first-order chi connectivity index (χ1) is 13.4. The van der Waals surface area contributed by atoms with E-state index in [1.165, 1.54) is 12.3 Å². The fourth-order valence-corrected chi connectivity index (χ4v) is 4.36. The molecule has 1 aromatic heterocycles. The number of hydrogen-bond acceptors (Lipinski definition) is 3. The number of rotatable bonds is 3. The second-order valence-corrected chi connectivity index (χ2v) is 7.73. The third-order valence-electron chi connectivity index (χ3n) is 5.91. The van der Waals surface area contributed by atoms with Gasteiger partial charge in [0, 0.05) is 26.2 Å². The molecule has 2 aromatic rings. The van der Waals surface area contributed by atoms with Gasteiger partial charge in [-0.15, -0.1) is 0 Å². The van der Waals surface area contributed by atoms with E-state index in [1.807, 2.05) is 0 Å². The van der Waals surface area contributed by atoms with Gasteiger partial charge < -0.3 is 14.2 Å². The summed E-state index contributed by atoms with van der Waals surface area (Å²) in [4.78, 5) is 29.4. The molecule has 2 aliphatic rings. The van der Waals surface area contributed by atoms with E-state index < -0.39 is 17.0 Å². The van der Waals surface area contributed by atoms with Gasteiger partial charge in [0.25, 0.3) is 5.91 Å². The zero-order valence-corrected chi connectivity index (χ0v) is 15.7. The van der Waals surface area contributed by atoms with Crippen LogP contribution in [0, 0.1) is 24.0 Å². The molecule has 1 atom stereocenters. The number of carbonyl (C=O) groups excluding carboxylic acids is 2. The van der Waals surface area contributed by atoms with Gasteiger partial charge in [-0.3, -0.25) is 9.59 Å². The van der Waals surface area contributed by atoms with Crippen molar-refractivity contribution in [1.82, 2.24) is 9.80 Å². The number of piperidine rings is 1. The van der Waals surface area contributed by atoms with Gasteiger partial charge in [-0.2, -0.15) is 0 Å². The van der Waals surface area contributed by atoms with Crippen LogP contribution in [0.2, 0.25) is 0 Å². The highest BCUT2D eigenvalue weighted by Gasteiger charge is 2.49. The summed E-state index contributed by atoms with van der Waals surface area (Å²) in [6.07, 6.45) is 3.66. The SMILES string of the molecule is Cc1occc1C(=O)N1CCC2(CCCN(Cc3ccc(F)c(F)c3)C2=O)C1. The van der Waals surface area contributed by atoms with Gasteiger partial charge in [-0.25, -0.2) is 8.78 Å². The standard InChI is InChI=1S/C21H22F2N2O3/c1-14-16(5-10-28-14)19(26)25-9-7-21(13-25)6-2-8-24(20(21)27)12-15-3-4-17(22)18(23)11-15/h3-5,10-11H,2,6-9,12-13H2,1H3. The number of furan rings is 1. The van der Waals surface area contributed by atoms with Crippen LogP contribution in [0.5, 0.6) is 0 Å². The first kappa shape index (κ1) is 18.7. The summed E-state index contributed by atoms with van der Waals surface area (Å²) in [5, 5.41) is 0. The predicted octanol–water partition coefficient (Wildman–Crippen LogP) is 3.52. The molecule has 0 radical (unpaired) electrons. The molecule has 0 aliphatic carbocycles. The summed E-state index contributed by atoms with van der Waals surface area (Å²) in [7, 11) is 0. The van der Waals surface area contributed by atoms with Gasteiger partial charge in [-0.05, 0) is 49.9 Å². The van der Waals surface area contributed by atoms with Crippen LogP contribution in [-0.2, 0) is 11.3 Å². The molecule has 4 rings (SSSR count). The molecule has 3 heterocycles. The van der Waals surface area contributed by atoms with Gasteiger partial charge in [0.05, 0.1) is 17.2 Å². The van der Waals surface area contributed by atoms with Crippen LogP contribution < -0.4 is 0 Å². The number of hydrogen-bond donors (Lipinski definition) is 0. The smallest absolute Gasteiger partial charge is 0.257 e. The average Bonchev–Trinajstić information content (AvgIpc) is 3.29. The van der Waals surface area contributed by atoms with Gasteiger partial charge in [-0.1, -0.05) is 6.07 Å². The normalized spacial score (nSPS) is 22.3. The second kappa shape index (κ2) is 7.04. The molecule has 2 fully saturated rings. The average molecular weight is 388 g/mol. The van der Waals surface area contributed by atoms with Crippen LogP contribution in [0.1, 0.15) is 40.9 Å². The van der Waals surface area contributed by atoms with E-state index in [9.17, 15) is 18.4 Å². The molecule has 28 heavy (non-hydrogen) atoms. The molecule has 0 saturated carbocycles. The van der Waals surface area contributed by atoms with Crippen molar-refractivity contribution in [3.8, 4) is 0 Å². The second-order valence-electron chi connectivity index (χ2n) is 7.73. The fraction of sp³-hybridized carbons (Fsp3) is 0.429. The highest BCUT2D eigenvalue weighted by atomic mass is 19.2. The lowest BCUT2D eigenvalue weighted by atomic mass is 9.78. The lowest BCUT2D eigenvalue weighted by Crippen LogP contribution is -2.50. The number of nitrogens with zero attached hydrogens (tertiary/aromatic N) is 2. The minimum atomic E-state index is -0.912. The maximum atomic E-state index is 13.5. The molecule has 7 heteroatoms. The van der Waals surface area contributed by atoms with E-state index in [0.717, 1.165) is 25.0 Å². The predicted molar refractivity (Wildman–Crippen MR) is 97.4 cm³/mol. The van der Waals surface area contributed by atoms with Crippen molar-refractivity contribution in [1.29, 1.82) is 0 Å². The number of likely N-dealkylation sites (tertiary alicyclic amines) is 2. The highest BCUT2D eigenvalue weighted by Crippen LogP contribution is 2.41. The first-order valence-electron chi connectivity index (χ1n) is 9.46. The zero-order valence-electron chi connectivity index (χ0n) is 15.7. The Morgan fingerprint density at radius 2 is 2.00 bits per heavy atom. The fourth-order valence-electron chi connectivity index (χ4n) is 4.36. The summed E-state index contributed by atoms with van der Waals surface area (Å²) in [5.74, 6) is -1.37. The van der Waals surface area contributed by atoms with Crippen LogP contribution in [0.3, 0.4) is 0 Å². The van der Waals surface area contributed by atoms with Crippen LogP contribution in [0.4, 0.5) is 8.78 Å². The Balaban J connectivity index is 1.49. The molecule has 1 unspecified atom stereocenters. The molecule has 148 valence electrons. The van der Waals surface area contributed by atoms with Gasteiger partial charge in [0.2, 0.25) is 5.91 Å². The molecule has 0 N–H and O–H groups in total. The van der Waals surface area contributed by atoms with Crippen LogP contribution in [-0.4, -0.2) is 41.2 Å². The Hall–Kier alpha value is -2.70. The largest absolute Gasteiger partial charge is 0.469 e. The summed E-state index contributed by atoms with van der Waals surface area (Å²) in [6, 6.07) is 5.37. The van der Waals surface area contributed by atoms with Gasteiger partial charge in [0.1, 0.15) is 5.76 Å². The monoisotopic (exact) mass is 388 g/mol. The lowest BCUT2D eigenvalue weighted by molar-refractivity contribution is -0.146. The molecule has 5 nitrogen and oxygen atoms in total. The Morgan fingerprint density at radius 1 is 1.18 bits per heavy atom. The topological polar surface area (TPSA) is 53.8 Å². The minimum absolute atomic E-state index is 0.0114. The van der Waals surface area contributed by atoms with E-state index in [2.05, 4.69) is 0 Å². The van der Waals surface area contributed by atoms with E-state index in [4.69, 9.17) is 4.42 Å². The summed E-state index contributed by atoms with van der Waals surface area (Å²) in [6.45, 7) is 3.47. The maximum Gasteiger partial charge on any atom is 0.257 e. The van der Waals surface area contributed by atoms with Crippen molar-refractivity contribution in [2.45, 2.75) is 32.7 Å². The lowest BCUT2D eigenvalue weighted by Gasteiger charge is -2.39. The molecule has 0 bridgehead atoms. The van der Waals surface area contributed by atoms with Crippen LogP contribution in [0.15, 0.2) is 34.9 Å². The van der Waals surface area contributed by atoms with E-state index >= 15 is 0 Å². The van der Waals surface area contributed by atoms with Crippen molar-refractivity contribution in [2.24, 2.45) is 5.41 Å². The minimum Gasteiger partial charge on any atom is -0.469 e. The Morgan fingerprint density at radius 3 is 2.71 bits per heavy atom. The van der Waals surface area contributed by atoms with Crippen molar-refractivity contribution >= 4 is 11.8 Å². The number of carbonyl (C=O) groups is 2. The van der Waals surface area contributed by atoms with Crippen molar-refractivity contribution in [3.05, 3.63) is 59.1 Å². The molecule has 2 aliphatic heterocycles. The summed E-state index contributed by atoms with van der Waals surface area (Å²) in [5.41, 5.74) is 0.493. The quantitative estimate of drug-likeness (QED) is 0.809. The zero-order chi connectivity index (χ0) is 19.9. The van der Waals surface area contributed by atoms with Crippen molar-refractivity contribution in [2.75, 3.05) is 19.6 Å². The first-order valence-corrected chi connectivity index (χ1v) is 9.46. The maximum absolute atomic E-state index is 13.5. The van der Waals surface area contributed by atoms with Crippen LogP contribution >= 0.6 is 0 Å². The van der Waals surface area contributed by atoms with Crippen molar-refractivity contribution < 1.29 is 22.8 Å². The molecule has 1 aromatic carbocycles. The molecule has 2 saturated heterocycles. The van der Waals surface area contributed by atoms with Gasteiger partial charge >= 0.3 is 0 Å². The number of amides is 2. The Kier molecular flexibility index (Phi) is 4.69. The van der Waals surface area contributed by atoms with E-state index in [-0.39, 0.29) is 18.4 Å². The van der Waals surface area contributed by atoms with Crippen molar-refractivity contribution in [3.63, 3.8) is 0 Å². The number of benzene rings is 1. The number of halogens is 2.